The Hall–Kier alpha value is -1.10. The predicted octanol–water partition coefficient (Wildman–Crippen LogP) is 1.66. The van der Waals surface area contributed by atoms with Crippen molar-refractivity contribution in [3.05, 3.63) is 0 Å². The summed E-state index contributed by atoms with van der Waals surface area (Å²) in [6.07, 6.45) is 7.62. The van der Waals surface area contributed by atoms with Gasteiger partial charge in [-0.05, 0) is 32.1 Å². The van der Waals surface area contributed by atoms with Crippen LogP contribution in [0, 0.1) is 5.92 Å². The van der Waals surface area contributed by atoms with E-state index in [1.54, 1.807) is 0 Å². The molecule has 0 aromatic heterocycles. The molecule has 0 spiro atoms. The molecule has 0 radical (unpaired) electrons. The Morgan fingerprint density at radius 2 is 1.89 bits per heavy atom. The van der Waals surface area contributed by atoms with Crippen molar-refractivity contribution in [1.82, 2.24) is 5.32 Å². The highest BCUT2D eigenvalue weighted by atomic mass is 16.4. The number of carboxylic acid groups (broad SMARTS) is 1. The standard InChI is InChI=1S/C14H26N2O3/c15-12-7-5-6-11(10-12)14(19)16-9-4-2-1-3-8-13(17)18/h11-12H,1-10,15H2,(H,16,19)(H,17,18). The Morgan fingerprint density at radius 3 is 2.58 bits per heavy atom. The molecule has 110 valence electrons. The lowest BCUT2D eigenvalue weighted by Gasteiger charge is -2.25. The summed E-state index contributed by atoms with van der Waals surface area (Å²) in [7, 11) is 0. The first kappa shape index (κ1) is 16.0. The second-order valence-electron chi connectivity index (χ2n) is 5.47. The lowest BCUT2D eigenvalue weighted by atomic mass is 9.85. The summed E-state index contributed by atoms with van der Waals surface area (Å²) in [6, 6.07) is 0.181. The minimum Gasteiger partial charge on any atom is -0.481 e. The third kappa shape index (κ3) is 7.15. The highest BCUT2D eigenvalue weighted by Crippen LogP contribution is 2.23. The SMILES string of the molecule is NC1CCCC(C(=O)NCCCCCCC(=O)O)C1. The highest BCUT2D eigenvalue weighted by Gasteiger charge is 2.24. The van der Waals surface area contributed by atoms with E-state index in [1.165, 1.54) is 0 Å². The van der Waals surface area contributed by atoms with Gasteiger partial charge in [0, 0.05) is 24.9 Å². The van der Waals surface area contributed by atoms with Gasteiger partial charge in [-0.15, -0.1) is 0 Å². The molecule has 1 amide bonds. The van der Waals surface area contributed by atoms with Crippen molar-refractivity contribution >= 4 is 11.9 Å². The molecule has 0 aromatic carbocycles. The number of hydrogen-bond donors (Lipinski definition) is 3. The number of unbranched alkanes of at least 4 members (excludes halogenated alkanes) is 3. The van der Waals surface area contributed by atoms with E-state index in [-0.39, 0.29) is 24.3 Å². The first-order valence-electron chi connectivity index (χ1n) is 7.34. The van der Waals surface area contributed by atoms with E-state index in [0.29, 0.717) is 6.54 Å². The van der Waals surface area contributed by atoms with E-state index < -0.39 is 5.97 Å². The van der Waals surface area contributed by atoms with Gasteiger partial charge < -0.3 is 16.2 Å². The number of aliphatic carboxylic acids is 1. The second kappa shape index (κ2) is 8.91. The topological polar surface area (TPSA) is 92.4 Å². The Balaban J connectivity index is 1.99. The van der Waals surface area contributed by atoms with Crippen LogP contribution in [-0.2, 0) is 9.59 Å². The lowest BCUT2D eigenvalue weighted by molar-refractivity contribution is -0.137. The van der Waals surface area contributed by atoms with E-state index in [9.17, 15) is 9.59 Å². The van der Waals surface area contributed by atoms with E-state index in [1.807, 2.05) is 0 Å². The molecular formula is C14H26N2O3. The monoisotopic (exact) mass is 270 g/mol. The molecular weight excluding hydrogens is 244 g/mol. The number of nitrogens with two attached hydrogens (primary N) is 1. The van der Waals surface area contributed by atoms with Gasteiger partial charge in [-0.3, -0.25) is 9.59 Å². The van der Waals surface area contributed by atoms with Gasteiger partial charge in [0.2, 0.25) is 5.91 Å². The summed E-state index contributed by atoms with van der Waals surface area (Å²) < 4.78 is 0. The smallest absolute Gasteiger partial charge is 0.303 e. The zero-order valence-electron chi connectivity index (χ0n) is 11.6. The molecule has 1 rings (SSSR count). The maximum Gasteiger partial charge on any atom is 0.303 e. The summed E-state index contributed by atoms with van der Waals surface area (Å²) in [5, 5.41) is 11.4. The van der Waals surface area contributed by atoms with Crippen LogP contribution in [0.25, 0.3) is 0 Å². The van der Waals surface area contributed by atoms with Crippen LogP contribution in [0.1, 0.15) is 57.8 Å². The fourth-order valence-electron chi connectivity index (χ4n) is 2.58. The van der Waals surface area contributed by atoms with Crippen molar-refractivity contribution in [3.63, 3.8) is 0 Å². The summed E-state index contributed by atoms with van der Waals surface area (Å²) >= 11 is 0. The van der Waals surface area contributed by atoms with Crippen LogP contribution >= 0.6 is 0 Å². The molecule has 0 bridgehead atoms. The van der Waals surface area contributed by atoms with Gasteiger partial charge in [-0.1, -0.05) is 19.3 Å². The second-order valence-corrected chi connectivity index (χ2v) is 5.47. The van der Waals surface area contributed by atoms with Crippen LogP contribution in [-0.4, -0.2) is 29.6 Å². The maximum atomic E-state index is 11.9. The van der Waals surface area contributed by atoms with Crippen molar-refractivity contribution in [1.29, 1.82) is 0 Å². The number of hydrogen-bond acceptors (Lipinski definition) is 3. The zero-order chi connectivity index (χ0) is 14.1. The molecule has 5 nitrogen and oxygen atoms in total. The van der Waals surface area contributed by atoms with Gasteiger partial charge in [0.25, 0.3) is 0 Å². The predicted molar refractivity (Wildman–Crippen MR) is 73.7 cm³/mol. The molecule has 0 aromatic rings. The fraction of sp³-hybridized carbons (Fsp3) is 0.857. The van der Waals surface area contributed by atoms with Gasteiger partial charge in [0.15, 0.2) is 0 Å². The molecule has 1 aliphatic rings. The van der Waals surface area contributed by atoms with E-state index in [4.69, 9.17) is 10.8 Å². The summed E-state index contributed by atoms with van der Waals surface area (Å²) in [4.78, 5) is 22.2. The Morgan fingerprint density at radius 1 is 1.16 bits per heavy atom. The molecule has 2 atom stereocenters. The molecule has 4 N–H and O–H groups in total. The van der Waals surface area contributed by atoms with E-state index >= 15 is 0 Å². The van der Waals surface area contributed by atoms with Crippen molar-refractivity contribution in [2.45, 2.75) is 63.8 Å². The molecule has 1 saturated carbocycles. The van der Waals surface area contributed by atoms with Crippen LogP contribution in [0.5, 0.6) is 0 Å². The van der Waals surface area contributed by atoms with Gasteiger partial charge in [-0.25, -0.2) is 0 Å². The molecule has 0 heterocycles. The Kier molecular flexibility index (Phi) is 7.48. The number of nitrogens with one attached hydrogen (secondary N) is 1. The number of amides is 1. The van der Waals surface area contributed by atoms with Crippen molar-refractivity contribution < 1.29 is 14.7 Å². The molecule has 1 aliphatic carbocycles. The largest absolute Gasteiger partial charge is 0.481 e. The minimum absolute atomic E-state index is 0.0933. The Bertz CT molecular complexity index is 294. The van der Waals surface area contributed by atoms with Crippen LogP contribution in [0.15, 0.2) is 0 Å². The number of carbonyl (C=O) groups is 2. The normalized spacial score (nSPS) is 23.0. The average molecular weight is 270 g/mol. The van der Waals surface area contributed by atoms with Crippen LogP contribution in [0.2, 0.25) is 0 Å². The first-order valence-corrected chi connectivity index (χ1v) is 7.34. The maximum absolute atomic E-state index is 11.9. The summed E-state index contributed by atoms with van der Waals surface area (Å²) in [6.45, 7) is 0.692. The number of carbonyl (C=O) groups excluding carboxylic acids is 1. The number of carboxylic acids is 1. The van der Waals surface area contributed by atoms with Crippen LogP contribution in [0.4, 0.5) is 0 Å². The van der Waals surface area contributed by atoms with Gasteiger partial charge in [0.1, 0.15) is 0 Å². The van der Waals surface area contributed by atoms with E-state index in [0.717, 1.165) is 51.4 Å². The molecule has 1 fully saturated rings. The average Bonchev–Trinajstić information content (AvgIpc) is 2.37. The molecule has 0 saturated heterocycles. The minimum atomic E-state index is -0.734. The Labute approximate surface area is 114 Å². The van der Waals surface area contributed by atoms with E-state index in [2.05, 4.69) is 5.32 Å². The third-order valence-corrected chi connectivity index (χ3v) is 3.70. The van der Waals surface area contributed by atoms with Gasteiger partial charge >= 0.3 is 5.97 Å². The van der Waals surface area contributed by atoms with Gasteiger partial charge in [-0.2, -0.15) is 0 Å². The zero-order valence-corrected chi connectivity index (χ0v) is 11.6. The molecule has 5 heteroatoms. The molecule has 2 unspecified atom stereocenters. The summed E-state index contributed by atoms with van der Waals surface area (Å²) in [5.74, 6) is -0.501. The highest BCUT2D eigenvalue weighted by molar-refractivity contribution is 5.78. The van der Waals surface area contributed by atoms with Crippen molar-refractivity contribution in [3.8, 4) is 0 Å². The molecule has 0 aliphatic heterocycles. The summed E-state index contributed by atoms with van der Waals surface area (Å²) in [5.41, 5.74) is 5.87. The lowest BCUT2D eigenvalue weighted by Crippen LogP contribution is -2.38. The van der Waals surface area contributed by atoms with Crippen LogP contribution in [0.3, 0.4) is 0 Å². The van der Waals surface area contributed by atoms with Crippen molar-refractivity contribution in [2.75, 3.05) is 6.54 Å². The van der Waals surface area contributed by atoms with Crippen molar-refractivity contribution in [2.24, 2.45) is 11.7 Å². The first-order chi connectivity index (χ1) is 9.09. The van der Waals surface area contributed by atoms with Gasteiger partial charge in [0.05, 0.1) is 0 Å². The third-order valence-electron chi connectivity index (χ3n) is 3.70. The number of rotatable bonds is 8. The quantitative estimate of drug-likeness (QED) is 0.585. The fourth-order valence-corrected chi connectivity index (χ4v) is 2.58. The van der Waals surface area contributed by atoms with Crippen LogP contribution < -0.4 is 11.1 Å². The molecule has 19 heavy (non-hydrogen) atoms.